The van der Waals surface area contributed by atoms with Crippen LogP contribution in [-0.4, -0.2) is 20.8 Å². The number of halogens is 3. The number of nitro benzene ring substituents is 1. The molecule has 3 aromatic rings. The van der Waals surface area contributed by atoms with Gasteiger partial charge in [-0.1, -0.05) is 30.3 Å². The number of aliphatic imine (C=N–C) groups is 1. The zero-order valence-corrected chi connectivity index (χ0v) is 17.0. The molecule has 0 spiro atoms. The van der Waals surface area contributed by atoms with Crippen molar-refractivity contribution < 1.29 is 23.2 Å². The van der Waals surface area contributed by atoms with Crippen LogP contribution in [0.5, 0.6) is 5.88 Å². The fourth-order valence-corrected chi connectivity index (χ4v) is 3.13. The molecule has 2 aromatic carbocycles. The topological polar surface area (TPSA) is 122 Å². The molecule has 11 heteroatoms. The molecule has 3 rings (SSSR count). The van der Waals surface area contributed by atoms with Crippen molar-refractivity contribution in [3.63, 3.8) is 0 Å². The van der Waals surface area contributed by atoms with Crippen molar-refractivity contribution in [1.82, 2.24) is 4.57 Å². The predicted molar refractivity (Wildman–Crippen MR) is 113 cm³/mol. The number of hydrogen-bond donors (Lipinski definition) is 1. The van der Waals surface area contributed by atoms with E-state index in [9.17, 15) is 38.4 Å². The van der Waals surface area contributed by atoms with E-state index >= 15 is 0 Å². The van der Waals surface area contributed by atoms with Gasteiger partial charge in [0.15, 0.2) is 0 Å². The summed E-state index contributed by atoms with van der Waals surface area (Å²) in [6, 6.07) is 12.2. The number of pyridine rings is 1. The van der Waals surface area contributed by atoms with E-state index in [1.807, 2.05) is 0 Å². The third-order valence-electron chi connectivity index (χ3n) is 4.86. The van der Waals surface area contributed by atoms with Crippen LogP contribution in [0.4, 0.5) is 24.5 Å². The summed E-state index contributed by atoms with van der Waals surface area (Å²) in [5.74, 6) is -0.543. The van der Waals surface area contributed by atoms with Crippen molar-refractivity contribution in [2.24, 2.45) is 4.99 Å². The Morgan fingerprint density at radius 3 is 2.48 bits per heavy atom. The van der Waals surface area contributed by atoms with Gasteiger partial charge in [0.2, 0.25) is 5.88 Å². The van der Waals surface area contributed by atoms with Gasteiger partial charge >= 0.3 is 6.18 Å². The largest absolute Gasteiger partial charge is 0.494 e. The molecule has 1 aromatic heterocycles. The Kier molecular flexibility index (Phi) is 6.30. The average Bonchev–Trinajstić information content (AvgIpc) is 2.77. The number of nitriles is 1. The number of nitro groups is 1. The smallest absolute Gasteiger partial charge is 0.416 e. The number of aromatic nitrogens is 1. The minimum atomic E-state index is -4.78. The molecule has 0 aliphatic carbocycles. The van der Waals surface area contributed by atoms with Crippen molar-refractivity contribution in [3.05, 3.63) is 96.8 Å². The zero-order valence-electron chi connectivity index (χ0n) is 17.0. The van der Waals surface area contributed by atoms with Gasteiger partial charge in [0.25, 0.3) is 11.2 Å². The fourth-order valence-electron chi connectivity index (χ4n) is 3.13. The molecular formula is C22H15F3N4O4. The summed E-state index contributed by atoms with van der Waals surface area (Å²) >= 11 is 0. The predicted octanol–water partition coefficient (Wildman–Crippen LogP) is 4.46. The summed E-state index contributed by atoms with van der Waals surface area (Å²) < 4.78 is 39.7. The van der Waals surface area contributed by atoms with Crippen LogP contribution in [0.15, 0.2) is 58.3 Å². The maximum absolute atomic E-state index is 12.9. The van der Waals surface area contributed by atoms with Gasteiger partial charge < -0.3 is 5.11 Å². The van der Waals surface area contributed by atoms with Gasteiger partial charge in [0.1, 0.15) is 17.3 Å². The van der Waals surface area contributed by atoms with Crippen LogP contribution in [0.25, 0.3) is 0 Å². The normalized spacial score (nSPS) is 11.5. The van der Waals surface area contributed by atoms with E-state index in [2.05, 4.69) is 4.99 Å². The zero-order chi connectivity index (χ0) is 24.3. The molecule has 1 N–H and O–H groups in total. The molecule has 1 heterocycles. The van der Waals surface area contributed by atoms with Crippen molar-refractivity contribution >= 4 is 17.6 Å². The Balaban J connectivity index is 2.14. The highest BCUT2D eigenvalue weighted by Crippen LogP contribution is 2.36. The molecule has 0 amide bonds. The van der Waals surface area contributed by atoms with Gasteiger partial charge in [-0.05, 0) is 30.2 Å². The average molecular weight is 456 g/mol. The lowest BCUT2D eigenvalue weighted by Gasteiger charge is -2.14. The highest BCUT2D eigenvalue weighted by atomic mass is 19.4. The lowest BCUT2D eigenvalue weighted by Crippen LogP contribution is -2.25. The molecule has 33 heavy (non-hydrogen) atoms. The third kappa shape index (κ3) is 4.74. The van der Waals surface area contributed by atoms with E-state index in [1.54, 1.807) is 36.4 Å². The summed E-state index contributed by atoms with van der Waals surface area (Å²) in [5.41, 5.74) is -2.86. The summed E-state index contributed by atoms with van der Waals surface area (Å²) in [5, 5.41) is 31.4. The Labute approximate surface area is 184 Å². The Bertz CT molecular complexity index is 1360. The van der Waals surface area contributed by atoms with Gasteiger partial charge in [-0.15, -0.1) is 0 Å². The molecule has 0 saturated carbocycles. The van der Waals surface area contributed by atoms with E-state index in [0.717, 1.165) is 16.8 Å². The summed E-state index contributed by atoms with van der Waals surface area (Å²) in [6.45, 7) is 1.32. The Morgan fingerprint density at radius 2 is 1.91 bits per heavy atom. The van der Waals surface area contributed by atoms with Gasteiger partial charge in [-0.25, -0.2) is 4.99 Å². The van der Waals surface area contributed by atoms with E-state index in [1.165, 1.54) is 6.92 Å². The second kappa shape index (κ2) is 8.96. The van der Waals surface area contributed by atoms with Crippen LogP contribution in [0, 0.1) is 28.4 Å². The van der Waals surface area contributed by atoms with Gasteiger partial charge in [-0.2, -0.15) is 18.4 Å². The van der Waals surface area contributed by atoms with Crippen LogP contribution >= 0.6 is 0 Å². The Morgan fingerprint density at radius 1 is 1.24 bits per heavy atom. The molecule has 168 valence electrons. The standard InChI is InChI=1S/C22H15F3N4O4/c1-13-16(10-26)20(30)28(12-14-5-3-2-4-6-14)21(31)17(13)11-27-18-8-7-15(22(23,24)25)9-19(18)29(32)33/h2-9,11,31H,12H2,1H3. The van der Waals surface area contributed by atoms with Crippen LogP contribution in [0.1, 0.15) is 27.8 Å². The molecule has 0 fully saturated rings. The molecule has 0 unspecified atom stereocenters. The number of rotatable bonds is 5. The minimum absolute atomic E-state index is 0.0677. The minimum Gasteiger partial charge on any atom is -0.494 e. The van der Waals surface area contributed by atoms with Gasteiger partial charge in [0.05, 0.1) is 22.6 Å². The molecule has 0 radical (unpaired) electrons. The first-order chi connectivity index (χ1) is 15.5. The second-order valence-corrected chi connectivity index (χ2v) is 6.94. The van der Waals surface area contributed by atoms with Crippen LogP contribution in [-0.2, 0) is 12.7 Å². The van der Waals surface area contributed by atoms with Crippen LogP contribution in [0.2, 0.25) is 0 Å². The van der Waals surface area contributed by atoms with E-state index in [4.69, 9.17) is 0 Å². The summed E-state index contributed by atoms with van der Waals surface area (Å²) in [7, 11) is 0. The first-order valence-electron chi connectivity index (χ1n) is 9.34. The SMILES string of the molecule is Cc1c(C=Nc2ccc(C(F)(F)F)cc2[N+](=O)[O-])c(O)n(Cc2ccccc2)c(=O)c1C#N. The third-order valence-corrected chi connectivity index (χ3v) is 4.86. The van der Waals surface area contributed by atoms with Gasteiger partial charge in [-0.3, -0.25) is 19.5 Å². The van der Waals surface area contributed by atoms with Crippen LogP contribution in [0.3, 0.4) is 0 Å². The quantitative estimate of drug-likeness (QED) is 0.345. The van der Waals surface area contributed by atoms with E-state index in [0.29, 0.717) is 17.7 Å². The fraction of sp³-hybridized carbons (Fsp3) is 0.136. The van der Waals surface area contributed by atoms with Crippen molar-refractivity contribution in [2.75, 3.05) is 0 Å². The number of nitrogens with zero attached hydrogens (tertiary/aromatic N) is 4. The van der Waals surface area contributed by atoms with Crippen molar-refractivity contribution in [2.45, 2.75) is 19.6 Å². The lowest BCUT2D eigenvalue weighted by molar-refractivity contribution is -0.384. The maximum Gasteiger partial charge on any atom is 0.416 e. The summed E-state index contributed by atoms with van der Waals surface area (Å²) in [4.78, 5) is 26.8. The molecule has 0 aliphatic heterocycles. The van der Waals surface area contributed by atoms with Gasteiger partial charge in [0, 0.05) is 12.3 Å². The van der Waals surface area contributed by atoms with Crippen molar-refractivity contribution in [3.8, 4) is 11.9 Å². The maximum atomic E-state index is 12.9. The number of aromatic hydroxyl groups is 1. The Hall–Kier alpha value is -4.46. The molecule has 0 bridgehead atoms. The number of benzene rings is 2. The molecule has 0 aliphatic rings. The first kappa shape index (κ1) is 23.2. The molecular weight excluding hydrogens is 441 g/mol. The van der Waals surface area contributed by atoms with Crippen molar-refractivity contribution in [1.29, 1.82) is 5.26 Å². The monoisotopic (exact) mass is 456 g/mol. The second-order valence-electron chi connectivity index (χ2n) is 6.94. The van der Waals surface area contributed by atoms with Crippen LogP contribution < -0.4 is 5.56 Å². The van der Waals surface area contributed by atoms with E-state index < -0.39 is 39.5 Å². The highest BCUT2D eigenvalue weighted by Gasteiger charge is 2.33. The molecule has 8 nitrogen and oxygen atoms in total. The number of hydrogen-bond acceptors (Lipinski definition) is 6. The van der Waals surface area contributed by atoms with E-state index in [-0.39, 0.29) is 23.2 Å². The first-order valence-corrected chi connectivity index (χ1v) is 9.34. The lowest BCUT2D eigenvalue weighted by atomic mass is 10.1. The highest BCUT2D eigenvalue weighted by molar-refractivity contribution is 5.88. The summed E-state index contributed by atoms with van der Waals surface area (Å²) in [6.07, 6.45) is -3.81. The molecule has 0 atom stereocenters. The number of alkyl halides is 3. The molecule has 0 saturated heterocycles.